The van der Waals surface area contributed by atoms with Gasteiger partial charge in [0.25, 0.3) is 5.91 Å². The first-order chi connectivity index (χ1) is 9.96. The molecular formula is C14H26N4O3. The fourth-order valence-electron chi connectivity index (χ4n) is 2.91. The van der Waals surface area contributed by atoms with Crippen molar-refractivity contribution in [3.8, 4) is 0 Å². The monoisotopic (exact) mass is 298 g/mol. The Morgan fingerprint density at radius 1 is 1.29 bits per heavy atom. The zero-order chi connectivity index (χ0) is 15.5. The van der Waals surface area contributed by atoms with Crippen LogP contribution in [0, 0.1) is 0 Å². The van der Waals surface area contributed by atoms with E-state index >= 15 is 0 Å². The van der Waals surface area contributed by atoms with Crippen LogP contribution in [0.4, 0.5) is 0 Å². The summed E-state index contributed by atoms with van der Waals surface area (Å²) in [6.45, 7) is 7.26. The standard InChI is InChI=1S/C14H26N4O3/c1-14(2,13(15)16-20)18-8-6-17(7-9-18)12(19)11-5-3-4-10-21-11/h11,20H,3-10H2,1-2H3,(H2,15,16). The Morgan fingerprint density at radius 3 is 2.48 bits per heavy atom. The molecule has 1 unspecified atom stereocenters. The van der Waals surface area contributed by atoms with Gasteiger partial charge in [0.05, 0.1) is 5.54 Å². The van der Waals surface area contributed by atoms with E-state index in [1.807, 2.05) is 18.7 Å². The molecule has 21 heavy (non-hydrogen) atoms. The molecule has 0 radical (unpaired) electrons. The van der Waals surface area contributed by atoms with Gasteiger partial charge < -0.3 is 20.6 Å². The molecule has 7 nitrogen and oxygen atoms in total. The maximum atomic E-state index is 12.4. The van der Waals surface area contributed by atoms with Crippen LogP contribution < -0.4 is 5.73 Å². The van der Waals surface area contributed by atoms with Crippen molar-refractivity contribution in [3.05, 3.63) is 0 Å². The van der Waals surface area contributed by atoms with Gasteiger partial charge in [-0.3, -0.25) is 9.69 Å². The largest absolute Gasteiger partial charge is 0.409 e. The van der Waals surface area contributed by atoms with E-state index < -0.39 is 5.54 Å². The van der Waals surface area contributed by atoms with E-state index in [1.165, 1.54) is 0 Å². The van der Waals surface area contributed by atoms with Gasteiger partial charge >= 0.3 is 0 Å². The number of nitrogens with two attached hydrogens (primary N) is 1. The second kappa shape index (κ2) is 6.62. The first-order valence-electron chi connectivity index (χ1n) is 7.60. The Balaban J connectivity index is 1.89. The van der Waals surface area contributed by atoms with Crippen molar-refractivity contribution in [3.63, 3.8) is 0 Å². The minimum absolute atomic E-state index is 0.107. The molecule has 7 heteroatoms. The van der Waals surface area contributed by atoms with Crippen LogP contribution in [0.3, 0.4) is 0 Å². The predicted octanol–water partition coefficient (Wildman–Crippen LogP) is 0.225. The first-order valence-corrected chi connectivity index (χ1v) is 7.60. The number of amides is 1. The molecule has 0 spiro atoms. The normalized spacial score (nSPS) is 25.9. The quantitative estimate of drug-likeness (QED) is 0.337. The van der Waals surface area contributed by atoms with Crippen molar-refractivity contribution in [1.82, 2.24) is 9.80 Å². The molecule has 0 aliphatic carbocycles. The van der Waals surface area contributed by atoms with Crippen LogP contribution in [0.2, 0.25) is 0 Å². The molecule has 2 heterocycles. The SMILES string of the molecule is CC(C)(C(N)=NO)N1CCN(C(=O)C2CCCCO2)CC1. The summed E-state index contributed by atoms with van der Waals surface area (Å²) in [5.41, 5.74) is 5.24. The Morgan fingerprint density at radius 2 is 1.95 bits per heavy atom. The van der Waals surface area contributed by atoms with Crippen molar-refractivity contribution in [1.29, 1.82) is 0 Å². The number of piperazine rings is 1. The molecule has 2 aliphatic rings. The number of ether oxygens (including phenoxy) is 1. The molecule has 2 aliphatic heterocycles. The van der Waals surface area contributed by atoms with Crippen LogP contribution in [0.5, 0.6) is 0 Å². The van der Waals surface area contributed by atoms with Gasteiger partial charge in [0.2, 0.25) is 0 Å². The molecule has 2 fully saturated rings. The van der Waals surface area contributed by atoms with Crippen molar-refractivity contribution >= 4 is 11.7 Å². The average molecular weight is 298 g/mol. The zero-order valence-corrected chi connectivity index (χ0v) is 12.9. The molecule has 1 atom stereocenters. The number of hydrogen-bond donors (Lipinski definition) is 2. The Kier molecular flexibility index (Phi) is 5.05. The van der Waals surface area contributed by atoms with E-state index in [1.54, 1.807) is 0 Å². The van der Waals surface area contributed by atoms with Gasteiger partial charge in [-0.25, -0.2) is 0 Å². The van der Waals surface area contributed by atoms with Crippen LogP contribution in [-0.2, 0) is 9.53 Å². The second-order valence-electron chi connectivity index (χ2n) is 6.21. The van der Waals surface area contributed by atoms with Gasteiger partial charge in [-0.2, -0.15) is 0 Å². The topological polar surface area (TPSA) is 91.4 Å². The molecule has 0 aromatic heterocycles. The highest BCUT2D eigenvalue weighted by Crippen LogP contribution is 2.20. The highest BCUT2D eigenvalue weighted by Gasteiger charge is 2.36. The maximum Gasteiger partial charge on any atom is 0.251 e. The average Bonchev–Trinajstić information content (AvgIpc) is 2.54. The van der Waals surface area contributed by atoms with Gasteiger partial charge in [-0.1, -0.05) is 5.16 Å². The maximum absolute atomic E-state index is 12.4. The summed E-state index contributed by atoms with van der Waals surface area (Å²) in [6, 6.07) is 0. The molecule has 0 bridgehead atoms. The molecule has 2 rings (SSSR count). The fraction of sp³-hybridized carbons (Fsp3) is 0.857. The molecular weight excluding hydrogens is 272 g/mol. The summed E-state index contributed by atoms with van der Waals surface area (Å²) in [5, 5.41) is 12.0. The first kappa shape index (κ1) is 16.0. The van der Waals surface area contributed by atoms with Crippen LogP contribution in [-0.4, -0.2) is 71.2 Å². The molecule has 2 saturated heterocycles. The third-order valence-electron chi connectivity index (χ3n) is 4.57. The number of oxime groups is 1. The lowest BCUT2D eigenvalue weighted by atomic mass is 10.00. The van der Waals surface area contributed by atoms with E-state index in [4.69, 9.17) is 15.7 Å². The van der Waals surface area contributed by atoms with Gasteiger partial charge in [-0.15, -0.1) is 0 Å². The third-order valence-corrected chi connectivity index (χ3v) is 4.57. The predicted molar refractivity (Wildman–Crippen MR) is 79.2 cm³/mol. The molecule has 0 aromatic carbocycles. The van der Waals surface area contributed by atoms with E-state index in [9.17, 15) is 4.79 Å². The lowest BCUT2D eigenvalue weighted by molar-refractivity contribution is -0.148. The van der Waals surface area contributed by atoms with Crippen molar-refractivity contribution in [2.24, 2.45) is 10.9 Å². The lowest BCUT2D eigenvalue weighted by Gasteiger charge is -2.43. The number of amidine groups is 1. The minimum Gasteiger partial charge on any atom is -0.409 e. The Labute approximate surface area is 125 Å². The molecule has 0 saturated carbocycles. The van der Waals surface area contributed by atoms with Crippen LogP contribution in [0.25, 0.3) is 0 Å². The van der Waals surface area contributed by atoms with E-state index in [0.717, 1.165) is 19.3 Å². The van der Waals surface area contributed by atoms with Crippen LogP contribution >= 0.6 is 0 Å². The number of carbonyl (C=O) groups is 1. The van der Waals surface area contributed by atoms with Crippen molar-refractivity contribution < 1.29 is 14.7 Å². The Bertz CT molecular complexity index is 397. The minimum atomic E-state index is -0.509. The Hall–Kier alpha value is -1.34. The third kappa shape index (κ3) is 3.47. The number of hydrogen-bond acceptors (Lipinski definition) is 5. The lowest BCUT2D eigenvalue weighted by Crippen LogP contribution is -2.61. The number of rotatable bonds is 3. The molecule has 1 amide bonds. The van der Waals surface area contributed by atoms with E-state index in [0.29, 0.717) is 32.8 Å². The molecule has 120 valence electrons. The summed E-state index contributed by atoms with van der Waals surface area (Å²) in [5.74, 6) is 0.300. The summed E-state index contributed by atoms with van der Waals surface area (Å²) >= 11 is 0. The van der Waals surface area contributed by atoms with Crippen LogP contribution in [0.1, 0.15) is 33.1 Å². The van der Waals surface area contributed by atoms with Gasteiger partial charge in [0.15, 0.2) is 5.84 Å². The molecule has 3 N–H and O–H groups in total. The van der Waals surface area contributed by atoms with E-state index in [2.05, 4.69) is 10.1 Å². The van der Waals surface area contributed by atoms with Gasteiger partial charge in [-0.05, 0) is 33.1 Å². The highest BCUT2D eigenvalue weighted by molar-refractivity contribution is 5.88. The second-order valence-corrected chi connectivity index (χ2v) is 6.21. The number of nitrogens with zero attached hydrogens (tertiary/aromatic N) is 3. The van der Waals surface area contributed by atoms with Gasteiger partial charge in [0.1, 0.15) is 6.10 Å². The van der Waals surface area contributed by atoms with E-state index in [-0.39, 0.29) is 17.8 Å². The summed E-state index contributed by atoms with van der Waals surface area (Å²) < 4.78 is 5.57. The summed E-state index contributed by atoms with van der Waals surface area (Å²) in [6.07, 6.45) is 2.68. The molecule has 0 aromatic rings. The van der Waals surface area contributed by atoms with Crippen molar-refractivity contribution in [2.75, 3.05) is 32.8 Å². The smallest absolute Gasteiger partial charge is 0.251 e. The summed E-state index contributed by atoms with van der Waals surface area (Å²) in [4.78, 5) is 16.4. The van der Waals surface area contributed by atoms with Crippen molar-refractivity contribution in [2.45, 2.75) is 44.8 Å². The fourth-order valence-corrected chi connectivity index (χ4v) is 2.91. The zero-order valence-electron chi connectivity index (χ0n) is 12.9. The highest BCUT2D eigenvalue weighted by atomic mass is 16.5. The summed E-state index contributed by atoms with van der Waals surface area (Å²) in [7, 11) is 0. The van der Waals surface area contributed by atoms with Crippen LogP contribution in [0.15, 0.2) is 5.16 Å². The number of carbonyl (C=O) groups excluding carboxylic acids is 1. The van der Waals surface area contributed by atoms with Gasteiger partial charge in [0, 0.05) is 32.8 Å².